The van der Waals surface area contributed by atoms with Gasteiger partial charge in [-0.25, -0.2) is 0 Å². The van der Waals surface area contributed by atoms with E-state index < -0.39 is 0 Å². The van der Waals surface area contributed by atoms with E-state index in [9.17, 15) is 4.79 Å². The first-order valence-electron chi connectivity index (χ1n) is 5.89. The van der Waals surface area contributed by atoms with Crippen LogP contribution in [0.2, 0.25) is 0 Å². The van der Waals surface area contributed by atoms with Crippen molar-refractivity contribution in [1.82, 2.24) is 0 Å². The number of carbonyl (C=O) groups excluding carboxylic acids is 1. The summed E-state index contributed by atoms with van der Waals surface area (Å²) in [5.74, 6) is 0.244. The molecule has 0 spiro atoms. The SMILES string of the molecule is Cc1cccc(NC(=O)C2CC=CCC2)c1Br. The number of carbonyl (C=O) groups is 1. The number of halogens is 1. The Morgan fingerprint density at radius 3 is 2.94 bits per heavy atom. The largest absolute Gasteiger partial charge is 0.325 e. The molecule has 0 heterocycles. The molecule has 3 heteroatoms. The van der Waals surface area contributed by atoms with Gasteiger partial charge in [-0.15, -0.1) is 0 Å². The highest BCUT2D eigenvalue weighted by Gasteiger charge is 2.19. The number of nitrogens with one attached hydrogen (secondary N) is 1. The number of amides is 1. The molecule has 2 rings (SSSR count). The average molecular weight is 294 g/mol. The number of allylic oxidation sites excluding steroid dienone is 2. The Labute approximate surface area is 110 Å². The Kier molecular flexibility index (Phi) is 4.00. The summed E-state index contributed by atoms with van der Waals surface area (Å²) >= 11 is 3.50. The van der Waals surface area contributed by atoms with E-state index >= 15 is 0 Å². The smallest absolute Gasteiger partial charge is 0.227 e. The fraction of sp³-hybridized carbons (Fsp3) is 0.357. The second-order valence-electron chi connectivity index (χ2n) is 4.41. The molecule has 2 nitrogen and oxygen atoms in total. The lowest BCUT2D eigenvalue weighted by atomic mass is 9.93. The molecule has 1 N–H and O–H groups in total. The quantitative estimate of drug-likeness (QED) is 0.819. The molecule has 1 atom stereocenters. The van der Waals surface area contributed by atoms with Gasteiger partial charge in [-0.05, 0) is 53.7 Å². The molecule has 0 aliphatic heterocycles. The first-order valence-corrected chi connectivity index (χ1v) is 6.69. The molecule has 1 unspecified atom stereocenters. The predicted octanol–water partition coefficient (Wildman–Crippen LogP) is 4.05. The summed E-state index contributed by atoms with van der Waals surface area (Å²) in [5.41, 5.74) is 2.00. The van der Waals surface area contributed by atoms with Crippen molar-refractivity contribution in [3.8, 4) is 0 Å². The first-order chi connectivity index (χ1) is 8.18. The Bertz CT molecular complexity index is 454. The molecule has 0 saturated carbocycles. The van der Waals surface area contributed by atoms with Crippen LogP contribution in [-0.2, 0) is 4.79 Å². The zero-order valence-electron chi connectivity index (χ0n) is 9.87. The molecule has 1 amide bonds. The maximum Gasteiger partial charge on any atom is 0.227 e. The normalized spacial score (nSPS) is 19.1. The summed E-state index contributed by atoms with van der Waals surface area (Å²) in [7, 11) is 0. The number of aryl methyl sites for hydroxylation is 1. The van der Waals surface area contributed by atoms with Crippen LogP contribution in [0.3, 0.4) is 0 Å². The van der Waals surface area contributed by atoms with Crippen LogP contribution in [0, 0.1) is 12.8 Å². The van der Waals surface area contributed by atoms with E-state index in [1.807, 2.05) is 25.1 Å². The number of anilines is 1. The molecule has 1 aromatic rings. The van der Waals surface area contributed by atoms with Gasteiger partial charge in [-0.3, -0.25) is 4.79 Å². The van der Waals surface area contributed by atoms with Crippen LogP contribution < -0.4 is 5.32 Å². The zero-order chi connectivity index (χ0) is 12.3. The zero-order valence-corrected chi connectivity index (χ0v) is 11.5. The molecular weight excluding hydrogens is 278 g/mol. The van der Waals surface area contributed by atoms with Crippen LogP contribution in [0.4, 0.5) is 5.69 Å². The van der Waals surface area contributed by atoms with Gasteiger partial charge in [0, 0.05) is 10.4 Å². The van der Waals surface area contributed by atoms with Crippen LogP contribution in [-0.4, -0.2) is 5.91 Å². The first kappa shape index (κ1) is 12.4. The monoisotopic (exact) mass is 293 g/mol. The van der Waals surface area contributed by atoms with Crippen molar-refractivity contribution >= 4 is 27.5 Å². The molecule has 0 aromatic heterocycles. The summed E-state index contributed by atoms with van der Waals surface area (Å²) in [6.45, 7) is 2.02. The number of rotatable bonds is 2. The second kappa shape index (κ2) is 5.50. The third kappa shape index (κ3) is 2.97. The molecule has 1 aliphatic rings. The highest BCUT2D eigenvalue weighted by atomic mass is 79.9. The number of hydrogen-bond donors (Lipinski definition) is 1. The van der Waals surface area contributed by atoms with Crippen LogP contribution in [0.1, 0.15) is 24.8 Å². The van der Waals surface area contributed by atoms with Gasteiger partial charge >= 0.3 is 0 Å². The Hall–Kier alpha value is -1.09. The summed E-state index contributed by atoms with van der Waals surface area (Å²) in [5, 5.41) is 3.00. The molecule has 17 heavy (non-hydrogen) atoms. The summed E-state index contributed by atoms with van der Waals surface area (Å²) in [6.07, 6.45) is 7.06. The highest BCUT2D eigenvalue weighted by molar-refractivity contribution is 9.10. The molecule has 0 fully saturated rings. The van der Waals surface area contributed by atoms with Crippen molar-refractivity contribution in [3.63, 3.8) is 0 Å². The lowest BCUT2D eigenvalue weighted by molar-refractivity contribution is -0.120. The minimum atomic E-state index is 0.118. The summed E-state index contributed by atoms with van der Waals surface area (Å²) in [4.78, 5) is 12.1. The van der Waals surface area contributed by atoms with E-state index in [1.54, 1.807) is 0 Å². The highest BCUT2D eigenvalue weighted by Crippen LogP contribution is 2.27. The molecule has 90 valence electrons. The second-order valence-corrected chi connectivity index (χ2v) is 5.20. The minimum Gasteiger partial charge on any atom is -0.325 e. The molecule has 1 aromatic carbocycles. The van der Waals surface area contributed by atoms with Gasteiger partial charge in [0.05, 0.1) is 5.69 Å². The van der Waals surface area contributed by atoms with Crippen LogP contribution >= 0.6 is 15.9 Å². The third-order valence-electron chi connectivity index (χ3n) is 3.09. The van der Waals surface area contributed by atoms with Gasteiger partial charge < -0.3 is 5.32 Å². The Morgan fingerprint density at radius 1 is 1.41 bits per heavy atom. The average Bonchev–Trinajstić information content (AvgIpc) is 2.36. The van der Waals surface area contributed by atoms with Gasteiger partial charge in [0.15, 0.2) is 0 Å². The van der Waals surface area contributed by atoms with Crippen molar-refractivity contribution in [2.45, 2.75) is 26.2 Å². The molecule has 0 saturated heterocycles. The standard InChI is InChI=1S/C14H16BrNO/c1-10-6-5-9-12(13(10)15)16-14(17)11-7-3-2-4-8-11/h2-3,5-6,9,11H,4,7-8H2,1H3,(H,16,17). The van der Waals surface area contributed by atoms with Gasteiger partial charge in [-0.1, -0.05) is 24.3 Å². The lowest BCUT2D eigenvalue weighted by Crippen LogP contribution is -2.23. The van der Waals surface area contributed by atoms with E-state index in [0.717, 1.165) is 35.0 Å². The summed E-state index contributed by atoms with van der Waals surface area (Å²) in [6, 6.07) is 5.90. The van der Waals surface area contributed by atoms with Crippen LogP contribution in [0.15, 0.2) is 34.8 Å². The van der Waals surface area contributed by atoms with E-state index in [4.69, 9.17) is 0 Å². The lowest BCUT2D eigenvalue weighted by Gasteiger charge is -2.18. The Morgan fingerprint density at radius 2 is 2.24 bits per heavy atom. The van der Waals surface area contributed by atoms with Crippen molar-refractivity contribution in [2.75, 3.05) is 5.32 Å². The maximum absolute atomic E-state index is 12.1. The van der Waals surface area contributed by atoms with Crippen LogP contribution in [0.5, 0.6) is 0 Å². The number of hydrogen-bond acceptors (Lipinski definition) is 1. The van der Waals surface area contributed by atoms with Gasteiger partial charge in [-0.2, -0.15) is 0 Å². The van der Waals surface area contributed by atoms with E-state index in [1.165, 1.54) is 0 Å². The van der Waals surface area contributed by atoms with E-state index in [-0.39, 0.29) is 11.8 Å². The fourth-order valence-electron chi connectivity index (χ4n) is 2.01. The predicted molar refractivity (Wildman–Crippen MR) is 74.0 cm³/mol. The van der Waals surface area contributed by atoms with Crippen LogP contribution in [0.25, 0.3) is 0 Å². The Balaban J connectivity index is 2.07. The van der Waals surface area contributed by atoms with Crippen molar-refractivity contribution < 1.29 is 4.79 Å². The summed E-state index contributed by atoms with van der Waals surface area (Å²) < 4.78 is 0.972. The molecular formula is C14H16BrNO. The fourth-order valence-corrected chi connectivity index (χ4v) is 2.37. The third-order valence-corrected chi connectivity index (χ3v) is 4.14. The van der Waals surface area contributed by atoms with Gasteiger partial charge in [0.2, 0.25) is 5.91 Å². The van der Waals surface area contributed by atoms with E-state index in [2.05, 4.69) is 33.4 Å². The van der Waals surface area contributed by atoms with E-state index in [0.29, 0.717) is 0 Å². The van der Waals surface area contributed by atoms with Gasteiger partial charge in [0.1, 0.15) is 0 Å². The molecule has 0 radical (unpaired) electrons. The van der Waals surface area contributed by atoms with Crippen molar-refractivity contribution in [3.05, 3.63) is 40.4 Å². The molecule has 1 aliphatic carbocycles. The molecule has 0 bridgehead atoms. The maximum atomic E-state index is 12.1. The topological polar surface area (TPSA) is 29.1 Å². The minimum absolute atomic E-state index is 0.118. The number of benzene rings is 1. The van der Waals surface area contributed by atoms with Gasteiger partial charge in [0.25, 0.3) is 0 Å². The van der Waals surface area contributed by atoms with Crippen molar-refractivity contribution in [1.29, 1.82) is 0 Å². The van der Waals surface area contributed by atoms with Crippen molar-refractivity contribution in [2.24, 2.45) is 5.92 Å².